The minimum Gasteiger partial charge on any atom is -0.490 e. The Bertz CT molecular complexity index is 596. The van der Waals surface area contributed by atoms with Gasteiger partial charge in [-0.2, -0.15) is 0 Å². The van der Waals surface area contributed by atoms with Gasteiger partial charge < -0.3 is 10.1 Å². The fourth-order valence-corrected chi connectivity index (χ4v) is 3.62. The van der Waals surface area contributed by atoms with Crippen molar-refractivity contribution >= 4 is 11.3 Å². The van der Waals surface area contributed by atoms with E-state index in [0.29, 0.717) is 6.10 Å². The van der Waals surface area contributed by atoms with E-state index < -0.39 is 0 Å². The third-order valence-corrected chi connectivity index (χ3v) is 5.11. The first-order chi connectivity index (χ1) is 10.2. The Morgan fingerprint density at radius 2 is 2.10 bits per heavy atom. The highest BCUT2D eigenvalue weighted by molar-refractivity contribution is 7.12. The van der Waals surface area contributed by atoms with E-state index in [1.807, 2.05) is 11.3 Å². The van der Waals surface area contributed by atoms with Gasteiger partial charge >= 0.3 is 0 Å². The molecular formula is C18H23NOS. The SMILES string of the molecule is CCNC(c1cccc(OC2CC2)c1)c1cc(C)c(C)s1. The van der Waals surface area contributed by atoms with Crippen LogP contribution in [0, 0.1) is 13.8 Å². The standard InChI is InChI=1S/C18H23NOS/c1-4-19-18(17-10-12(2)13(3)21-17)14-6-5-7-16(11-14)20-15-8-9-15/h5-7,10-11,15,18-19H,4,8-9H2,1-3H3. The number of hydrogen-bond acceptors (Lipinski definition) is 3. The van der Waals surface area contributed by atoms with E-state index in [9.17, 15) is 0 Å². The van der Waals surface area contributed by atoms with E-state index in [1.165, 1.54) is 33.7 Å². The molecule has 1 aromatic heterocycles. The Morgan fingerprint density at radius 1 is 1.29 bits per heavy atom. The maximum Gasteiger partial charge on any atom is 0.120 e. The summed E-state index contributed by atoms with van der Waals surface area (Å²) >= 11 is 1.89. The summed E-state index contributed by atoms with van der Waals surface area (Å²) in [6.07, 6.45) is 2.85. The van der Waals surface area contributed by atoms with Crippen molar-refractivity contribution in [2.75, 3.05) is 6.54 Å². The molecule has 3 rings (SSSR count). The Labute approximate surface area is 131 Å². The molecule has 1 aliphatic carbocycles. The van der Waals surface area contributed by atoms with Gasteiger partial charge in [-0.05, 0) is 62.6 Å². The molecule has 2 aromatic rings. The van der Waals surface area contributed by atoms with Crippen molar-refractivity contribution in [3.05, 3.63) is 51.2 Å². The van der Waals surface area contributed by atoms with E-state index in [4.69, 9.17) is 4.74 Å². The summed E-state index contributed by atoms with van der Waals surface area (Å²) in [7, 11) is 0. The highest BCUT2D eigenvalue weighted by atomic mass is 32.1. The third kappa shape index (κ3) is 3.47. The summed E-state index contributed by atoms with van der Waals surface area (Å²) in [4.78, 5) is 2.79. The van der Waals surface area contributed by atoms with E-state index >= 15 is 0 Å². The maximum absolute atomic E-state index is 5.93. The number of nitrogens with one attached hydrogen (secondary N) is 1. The Kier molecular flexibility index (Phi) is 4.32. The normalized spacial score (nSPS) is 16.0. The zero-order valence-corrected chi connectivity index (χ0v) is 13.8. The highest BCUT2D eigenvalue weighted by Crippen LogP contribution is 2.33. The van der Waals surface area contributed by atoms with Crippen LogP contribution in [0.25, 0.3) is 0 Å². The molecule has 1 unspecified atom stereocenters. The molecule has 1 aliphatic rings. The summed E-state index contributed by atoms with van der Waals surface area (Å²) in [6.45, 7) is 7.49. The van der Waals surface area contributed by atoms with Gasteiger partial charge in [0.1, 0.15) is 5.75 Å². The Balaban J connectivity index is 1.88. The lowest BCUT2D eigenvalue weighted by Gasteiger charge is -2.18. The van der Waals surface area contributed by atoms with Crippen LogP contribution in [0.1, 0.15) is 46.7 Å². The van der Waals surface area contributed by atoms with Gasteiger partial charge in [-0.25, -0.2) is 0 Å². The van der Waals surface area contributed by atoms with Gasteiger partial charge in [0.2, 0.25) is 0 Å². The van der Waals surface area contributed by atoms with Crippen LogP contribution in [0.4, 0.5) is 0 Å². The minimum atomic E-state index is 0.259. The molecule has 0 saturated heterocycles. The number of benzene rings is 1. The molecule has 0 amide bonds. The van der Waals surface area contributed by atoms with Crippen molar-refractivity contribution in [3.63, 3.8) is 0 Å². The van der Waals surface area contributed by atoms with Crippen molar-refractivity contribution in [2.24, 2.45) is 0 Å². The molecule has 0 aliphatic heterocycles. The number of ether oxygens (including phenoxy) is 1. The number of hydrogen-bond donors (Lipinski definition) is 1. The van der Waals surface area contributed by atoms with Gasteiger partial charge in [0.05, 0.1) is 12.1 Å². The summed E-state index contributed by atoms with van der Waals surface area (Å²) in [6, 6.07) is 11.1. The second-order valence-corrected chi connectivity index (χ2v) is 7.06. The Morgan fingerprint density at radius 3 is 2.71 bits per heavy atom. The molecule has 1 fully saturated rings. The summed E-state index contributed by atoms with van der Waals surface area (Å²) < 4.78 is 5.93. The number of rotatable bonds is 6. The topological polar surface area (TPSA) is 21.3 Å². The summed E-state index contributed by atoms with van der Waals surface area (Å²) in [5.41, 5.74) is 2.67. The predicted molar refractivity (Wildman–Crippen MR) is 89.4 cm³/mol. The average molecular weight is 301 g/mol. The van der Waals surface area contributed by atoms with E-state index in [1.54, 1.807) is 0 Å². The molecule has 1 atom stereocenters. The van der Waals surface area contributed by atoms with Crippen LogP contribution in [0.15, 0.2) is 30.3 Å². The van der Waals surface area contributed by atoms with Crippen molar-refractivity contribution < 1.29 is 4.74 Å². The van der Waals surface area contributed by atoms with Crippen molar-refractivity contribution in [1.29, 1.82) is 0 Å². The van der Waals surface area contributed by atoms with Crippen LogP contribution in [-0.2, 0) is 0 Å². The Hall–Kier alpha value is -1.32. The molecule has 0 spiro atoms. The van der Waals surface area contributed by atoms with Crippen molar-refractivity contribution in [2.45, 2.75) is 45.8 Å². The first-order valence-electron chi connectivity index (χ1n) is 7.74. The van der Waals surface area contributed by atoms with Crippen LogP contribution < -0.4 is 10.1 Å². The monoisotopic (exact) mass is 301 g/mol. The molecule has 3 heteroatoms. The zero-order valence-electron chi connectivity index (χ0n) is 13.0. The lowest BCUT2D eigenvalue weighted by Crippen LogP contribution is -2.21. The van der Waals surface area contributed by atoms with Crippen molar-refractivity contribution in [1.82, 2.24) is 5.32 Å². The van der Waals surface area contributed by atoms with E-state index in [0.717, 1.165) is 12.3 Å². The first kappa shape index (κ1) is 14.6. The van der Waals surface area contributed by atoms with Crippen LogP contribution in [0.5, 0.6) is 5.75 Å². The van der Waals surface area contributed by atoms with E-state index in [-0.39, 0.29) is 6.04 Å². The second kappa shape index (κ2) is 6.20. The minimum absolute atomic E-state index is 0.259. The quantitative estimate of drug-likeness (QED) is 0.841. The molecular weight excluding hydrogens is 278 g/mol. The molecule has 1 heterocycles. The molecule has 1 N–H and O–H groups in total. The second-order valence-electron chi connectivity index (χ2n) is 5.77. The van der Waals surface area contributed by atoms with Crippen molar-refractivity contribution in [3.8, 4) is 5.75 Å². The van der Waals surface area contributed by atoms with Gasteiger partial charge in [0, 0.05) is 9.75 Å². The predicted octanol–water partition coefficient (Wildman–Crippen LogP) is 4.61. The van der Waals surface area contributed by atoms with Gasteiger partial charge in [0.25, 0.3) is 0 Å². The van der Waals surface area contributed by atoms with E-state index in [2.05, 4.69) is 56.4 Å². The summed E-state index contributed by atoms with van der Waals surface area (Å²) in [5.74, 6) is 1.00. The van der Waals surface area contributed by atoms with Gasteiger partial charge in [-0.1, -0.05) is 19.1 Å². The zero-order chi connectivity index (χ0) is 14.8. The number of thiophene rings is 1. The fraction of sp³-hybridized carbons (Fsp3) is 0.444. The van der Waals surface area contributed by atoms with Gasteiger partial charge in [-0.3, -0.25) is 0 Å². The maximum atomic E-state index is 5.93. The molecule has 0 bridgehead atoms. The summed E-state index contributed by atoms with van der Waals surface area (Å²) in [5, 5.41) is 3.61. The smallest absolute Gasteiger partial charge is 0.120 e. The average Bonchev–Trinajstić information content (AvgIpc) is 3.22. The van der Waals surface area contributed by atoms with Gasteiger partial charge in [0.15, 0.2) is 0 Å². The van der Waals surface area contributed by atoms with Gasteiger partial charge in [-0.15, -0.1) is 11.3 Å². The molecule has 0 radical (unpaired) electrons. The van der Waals surface area contributed by atoms with Crippen LogP contribution in [0.2, 0.25) is 0 Å². The molecule has 1 aromatic carbocycles. The first-order valence-corrected chi connectivity index (χ1v) is 8.56. The largest absolute Gasteiger partial charge is 0.490 e. The fourth-order valence-electron chi connectivity index (χ4n) is 2.48. The number of aryl methyl sites for hydroxylation is 2. The molecule has 1 saturated carbocycles. The van der Waals surface area contributed by atoms with Crippen LogP contribution in [0.3, 0.4) is 0 Å². The molecule has 2 nitrogen and oxygen atoms in total. The van der Waals surface area contributed by atoms with Crippen LogP contribution in [-0.4, -0.2) is 12.6 Å². The third-order valence-electron chi connectivity index (χ3n) is 3.90. The van der Waals surface area contributed by atoms with Crippen LogP contribution >= 0.6 is 11.3 Å². The highest BCUT2D eigenvalue weighted by Gasteiger charge is 2.24. The lowest BCUT2D eigenvalue weighted by atomic mass is 10.0. The lowest BCUT2D eigenvalue weighted by molar-refractivity contribution is 0.302. The molecule has 112 valence electrons. The molecule has 21 heavy (non-hydrogen) atoms.